The summed E-state index contributed by atoms with van der Waals surface area (Å²) in [5.41, 5.74) is 1.64. The average Bonchev–Trinajstić information content (AvgIpc) is 2.73. The van der Waals surface area contributed by atoms with Gasteiger partial charge in [-0.25, -0.2) is 4.79 Å². The van der Waals surface area contributed by atoms with Gasteiger partial charge in [-0.2, -0.15) is 0 Å². The number of para-hydroxylation sites is 1. The Morgan fingerprint density at radius 3 is 2.66 bits per heavy atom. The molecule has 0 radical (unpaired) electrons. The number of fused-ring (bicyclic) bond motifs is 3. The van der Waals surface area contributed by atoms with Crippen molar-refractivity contribution in [2.75, 3.05) is 6.61 Å². The largest absolute Gasteiger partial charge is 0.493 e. The third-order valence-corrected chi connectivity index (χ3v) is 4.76. The van der Waals surface area contributed by atoms with Crippen LogP contribution in [0.15, 0.2) is 75.9 Å². The minimum Gasteiger partial charge on any atom is -0.493 e. The van der Waals surface area contributed by atoms with Gasteiger partial charge in [-0.1, -0.05) is 48.5 Å². The zero-order valence-corrected chi connectivity index (χ0v) is 16.0. The van der Waals surface area contributed by atoms with Gasteiger partial charge in [-0.05, 0) is 35.4 Å². The summed E-state index contributed by atoms with van der Waals surface area (Å²) in [5.74, 6) is 0.360. The number of hydrogen-bond donors (Lipinski definition) is 0. The molecular weight excluding hydrogens is 368 g/mol. The van der Waals surface area contributed by atoms with Crippen LogP contribution in [0.3, 0.4) is 0 Å². The predicted octanol–water partition coefficient (Wildman–Crippen LogP) is 4.77. The van der Waals surface area contributed by atoms with Crippen LogP contribution in [0.1, 0.15) is 17.5 Å². The van der Waals surface area contributed by atoms with E-state index in [0.717, 1.165) is 27.5 Å². The van der Waals surface area contributed by atoms with E-state index in [2.05, 4.69) is 0 Å². The Morgan fingerprint density at radius 1 is 1.00 bits per heavy atom. The van der Waals surface area contributed by atoms with Crippen molar-refractivity contribution in [2.24, 2.45) is 0 Å². The smallest absolute Gasteiger partial charge is 0.336 e. The molecule has 0 amide bonds. The molecule has 0 aliphatic heterocycles. The van der Waals surface area contributed by atoms with E-state index in [-0.39, 0.29) is 25.6 Å². The van der Waals surface area contributed by atoms with Crippen molar-refractivity contribution in [3.63, 3.8) is 0 Å². The average molecular weight is 388 g/mol. The molecule has 5 heteroatoms. The van der Waals surface area contributed by atoms with Crippen LogP contribution in [-0.4, -0.2) is 12.6 Å². The number of benzene rings is 3. The normalized spacial score (nSPS) is 10.9. The second-order valence-electron chi connectivity index (χ2n) is 6.78. The van der Waals surface area contributed by atoms with Gasteiger partial charge in [0.05, 0.1) is 13.0 Å². The third-order valence-electron chi connectivity index (χ3n) is 4.76. The van der Waals surface area contributed by atoms with Crippen molar-refractivity contribution in [2.45, 2.75) is 20.0 Å². The van der Waals surface area contributed by atoms with E-state index in [1.54, 1.807) is 6.07 Å². The highest BCUT2D eigenvalue weighted by Gasteiger charge is 2.12. The second kappa shape index (κ2) is 8.19. The highest BCUT2D eigenvalue weighted by atomic mass is 16.5. The van der Waals surface area contributed by atoms with Gasteiger partial charge in [0.1, 0.15) is 17.9 Å². The van der Waals surface area contributed by atoms with Crippen LogP contribution in [0.5, 0.6) is 5.75 Å². The summed E-state index contributed by atoms with van der Waals surface area (Å²) in [6, 6.07) is 20.5. The van der Waals surface area contributed by atoms with Crippen molar-refractivity contribution >= 4 is 27.7 Å². The Kier molecular flexibility index (Phi) is 5.29. The van der Waals surface area contributed by atoms with Gasteiger partial charge in [-0.15, -0.1) is 0 Å². The molecule has 0 unspecified atom stereocenters. The SMILES string of the molecule is Cc1ccccc1OCCC(=O)OCc1cc(=O)oc2ccc3ccccc3c12. The molecule has 0 saturated carbocycles. The van der Waals surface area contributed by atoms with Crippen molar-refractivity contribution in [3.8, 4) is 5.75 Å². The number of ether oxygens (including phenoxy) is 2. The van der Waals surface area contributed by atoms with Crippen LogP contribution in [0.2, 0.25) is 0 Å². The summed E-state index contributed by atoms with van der Waals surface area (Å²) in [4.78, 5) is 24.1. The Labute approximate surface area is 167 Å². The molecule has 4 rings (SSSR count). The fourth-order valence-electron chi connectivity index (χ4n) is 3.33. The Bertz CT molecular complexity index is 1240. The first-order valence-electron chi connectivity index (χ1n) is 9.40. The molecule has 5 nitrogen and oxygen atoms in total. The topological polar surface area (TPSA) is 65.7 Å². The van der Waals surface area contributed by atoms with Crippen LogP contribution in [-0.2, 0) is 16.1 Å². The summed E-state index contributed by atoms with van der Waals surface area (Å²) in [6.45, 7) is 2.17. The van der Waals surface area contributed by atoms with Crippen molar-refractivity contribution in [3.05, 3.63) is 88.3 Å². The van der Waals surface area contributed by atoms with Gasteiger partial charge in [0.25, 0.3) is 0 Å². The molecule has 4 aromatic rings. The summed E-state index contributed by atoms with van der Waals surface area (Å²) in [5, 5.41) is 2.75. The van der Waals surface area contributed by atoms with E-state index < -0.39 is 5.63 Å². The van der Waals surface area contributed by atoms with Crippen LogP contribution in [0.4, 0.5) is 0 Å². The van der Waals surface area contributed by atoms with Crippen molar-refractivity contribution in [1.82, 2.24) is 0 Å². The number of esters is 1. The first-order valence-corrected chi connectivity index (χ1v) is 9.40. The molecule has 0 saturated heterocycles. The summed E-state index contributed by atoms with van der Waals surface area (Å²) in [7, 11) is 0. The van der Waals surface area contributed by atoms with E-state index in [0.29, 0.717) is 11.1 Å². The molecule has 3 aromatic carbocycles. The zero-order chi connectivity index (χ0) is 20.2. The molecule has 0 N–H and O–H groups in total. The lowest BCUT2D eigenvalue weighted by Crippen LogP contribution is -2.11. The molecule has 1 aromatic heterocycles. The minimum absolute atomic E-state index is 0.000689. The first-order chi connectivity index (χ1) is 14.1. The standard InChI is InChI=1S/C24H20O5/c1-16-6-2-5-9-20(16)27-13-12-22(25)28-15-18-14-23(26)29-21-11-10-17-7-3-4-8-19(17)24(18)21/h2-11,14H,12-13,15H2,1H3. The number of carbonyl (C=O) groups is 1. The number of hydrogen-bond acceptors (Lipinski definition) is 5. The molecule has 0 aliphatic carbocycles. The Hall–Kier alpha value is -3.60. The fraction of sp³-hybridized carbons (Fsp3) is 0.167. The van der Waals surface area contributed by atoms with E-state index in [1.165, 1.54) is 6.07 Å². The monoisotopic (exact) mass is 388 g/mol. The lowest BCUT2D eigenvalue weighted by Gasteiger charge is -2.11. The number of carbonyl (C=O) groups excluding carboxylic acids is 1. The van der Waals surface area contributed by atoms with E-state index in [9.17, 15) is 9.59 Å². The van der Waals surface area contributed by atoms with Gasteiger partial charge in [0.2, 0.25) is 0 Å². The summed E-state index contributed by atoms with van der Waals surface area (Å²) >= 11 is 0. The van der Waals surface area contributed by atoms with E-state index in [4.69, 9.17) is 13.9 Å². The predicted molar refractivity (Wildman–Crippen MR) is 111 cm³/mol. The molecule has 0 aliphatic rings. The quantitative estimate of drug-likeness (QED) is 0.270. The van der Waals surface area contributed by atoms with E-state index in [1.807, 2.05) is 61.5 Å². The summed E-state index contributed by atoms with van der Waals surface area (Å²) < 4.78 is 16.4. The number of aryl methyl sites for hydroxylation is 1. The Morgan fingerprint density at radius 2 is 1.79 bits per heavy atom. The molecule has 146 valence electrons. The molecular formula is C24H20O5. The van der Waals surface area contributed by atoms with Crippen LogP contribution >= 0.6 is 0 Å². The maximum Gasteiger partial charge on any atom is 0.336 e. The third kappa shape index (κ3) is 4.14. The molecule has 0 fully saturated rings. The maximum absolute atomic E-state index is 12.2. The zero-order valence-electron chi connectivity index (χ0n) is 16.0. The second-order valence-corrected chi connectivity index (χ2v) is 6.78. The lowest BCUT2D eigenvalue weighted by molar-refractivity contribution is -0.145. The highest BCUT2D eigenvalue weighted by Crippen LogP contribution is 2.27. The van der Waals surface area contributed by atoms with Gasteiger partial charge in [0, 0.05) is 17.0 Å². The Balaban J connectivity index is 1.48. The molecule has 1 heterocycles. The highest BCUT2D eigenvalue weighted by molar-refractivity contribution is 6.07. The van der Waals surface area contributed by atoms with Crippen molar-refractivity contribution in [1.29, 1.82) is 0 Å². The minimum atomic E-state index is -0.471. The fourth-order valence-corrected chi connectivity index (χ4v) is 3.33. The van der Waals surface area contributed by atoms with Gasteiger partial charge >= 0.3 is 11.6 Å². The molecule has 0 atom stereocenters. The number of rotatable bonds is 6. The first kappa shape index (κ1) is 18.7. The van der Waals surface area contributed by atoms with E-state index >= 15 is 0 Å². The van der Waals surface area contributed by atoms with Gasteiger partial charge in [0.15, 0.2) is 0 Å². The van der Waals surface area contributed by atoms with Gasteiger partial charge < -0.3 is 13.9 Å². The van der Waals surface area contributed by atoms with Crippen LogP contribution in [0, 0.1) is 6.92 Å². The molecule has 29 heavy (non-hydrogen) atoms. The van der Waals surface area contributed by atoms with Crippen molar-refractivity contribution < 1.29 is 18.7 Å². The summed E-state index contributed by atoms with van der Waals surface area (Å²) in [6.07, 6.45) is 0.119. The lowest BCUT2D eigenvalue weighted by atomic mass is 10.0. The van der Waals surface area contributed by atoms with Crippen LogP contribution in [0.25, 0.3) is 21.7 Å². The maximum atomic E-state index is 12.2. The molecule has 0 spiro atoms. The molecule has 0 bridgehead atoms. The van der Waals surface area contributed by atoms with Gasteiger partial charge in [-0.3, -0.25) is 4.79 Å². The van der Waals surface area contributed by atoms with Crippen LogP contribution < -0.4 is 10.4 Å².